The van der Waals surface area contributed by atoms with Gasteiger partial charge in [0.2, 0.25) is 0 Å². The molecule has 0 amide bonds. The lowest BCUT2D eigenvalue weighted by molar-refractivity contribution is 1.01. The summed E-state index contributed by atoms with van der Waals surface area (Å²) in [7, 11) is 0. The van der Waals surface area contributed by atoms with Crippen LogP contribution in [0.15, 0.2) is 109 Å². The molecule has 0 saturated carbocycles. The molecular formula is C28H18N4. The van der Waals surface area contributed by atoms with Crippen LogP contribution in [0.5, 0.6) is 0 Å². The second kappa shape index (κ2) is 6.53. The van der Waals surface area contributed by atoms with Crippen molar-refractivity contribution in [2.75, 3.05) is 0 Å². The summed E-state index contributed by atoms with van der Waals surface area (Å²) in [6.07, 6.45) is 0. The number of hydrogen-bond acceptors (Lipinski definition) is 2. The van der Waals surface area contributed by atoms with E-state index in [0.717, 1.165) is 39.1 Å². The first-order chi connectivity index (χ1) is 15.9. The Morgan fingerprint density at radius 3 is 2.22 bits per heavy atom. The molecule has 0 saturated heterocycles. The zero-order valence-corrected chi connectivity index (χ0v) is 17.2. The second-order valence-electron chi connectivity index (χ2n) is 8.02. The zero-order valence-electron chi connectivity index (χ0n) is 17.2. The van der Waals surface area contributed by atoms with Crippen LogP contribution in [0.25, 0.3) is 55.4 Å². The summed E-state index contributed by atoms with van der Waals surface area (Å²) in [6, 6.07) is 38.0. The largest absolute Gasteiger partial charge is 0.309 e. The lowest BCUT2D eigenvalue weighted by atomic mass is 10.1. The molecule has 0 aliphatic rings. The van der Waals surface area contributed by atoms with E-state index in [1.54, 1.807) is 0 Å². The van der Waals surface area contributed by atoms with Gasteiger partial charge in [0.05, 0.1) is 16.6 Å². The number of para-hydroxylation sites is 3. The fourth-order valence-corrected chi connectivity index (χ4v) is 4.68. The quantitative estimate of drug-likeness (QED) is 0.320. The molecule has 32 heavy (non-hydrogen) atoms. The lowest BCUT2D eigenvalue weighted by Gasteiger charge is -2.07. The first-order valence-electron chi connectivity index (χ1n) is 10.7. The topological polar surface area (TPSA) is 35.1 Å². The molecule has 0 unspecified atom stereocenters. The number of aromatic nitrogens is 4. The van der Waals surface area contributed by atoms with Gasteiger partial charge in [-0.15, -0.1) is 5.10 Å². The molecule has 0 spiro atoms. The van der Waals surface area contributed by atoms with Gasteiger partial charge in [0.1, 0.15) is 0 Å². The van der Waals surface area contributed by atoms with Gasteiger partial charge < -0.3 is 4.57 Å². The van der Waals surface area contributed by atoms with Crippen molar-refractivity contribution in [3.05, 3.63) is 109 Å². The Kier molecular flexibility index (Phi) is 3.52. The maximum Gasteiger partial charge on any atom is 0.182 e. The summed E-state index contributed by atoms with van der Waals surface area (Å²) in [5.41, 5.74) is 6.40. The van der Waals surface area contributed by atoms with Gasteiger partial charge in [0, 0.05) is 27.4 Å². The van der Waals surface area contributed by atoms with Gasteiger partial charge in [0.25, 0.3) is 0 Å². The number of pyridine rings is 1. The summed E-state index contributed by atoms with van der Waals surface area (Å²) >= 11 is 0. The monoisotopic (exact) mass is 410 g/mol. The summed E-state index contributed by atoms with van der Waals surface area (Å²) in [5, 5.41) is 8.49. The Labute approximate surface area is 184 Å². The molecule has 0 radical (unpaired) electrons. The molecule has 0 aliphatic carbocycles. The molecule has 3 aromatic heterocycles. The maximum atomic E-state index is 4.87. The third-order valence-electron chi connectivity index (χ3n) is 6.16. The summed E-state index contributed by atoms with van der Waals surface area (Å²) in [6.45, 7) is 0. The van der Waals surface area contributed by atoms with E-state index in [4.69, 9.17) is 10.1 Å². The van der Waals surface area contributed by atoms with E-state index in [0.29, 0.717) is 0 Å². The van der Waals surface area contributed by atoms with Crippen molar-refractivity contribution in [3.63, 3.8) is 0 Å². The van der Waals surface area contributed by atoms with E-state index in [-0.39, 0.29) is 0 Å². The van der Waals surface area contributed by atoms with Crippen molar-refractivity contribution in [2.45, 2.75) is 0 Å². The van der Waals surface area contributed by atoms with Crippen LogP contribution in [0.3, 0.4) is 0 Å². The molecule has 4 aromatic carbocycles. The van der Waals surface area contributed by atoms with Gasteiger partial charge >= 0.3 is 0 Å². The van der Waals surface area contributed by atoms with Crippen LogP contribution in [-0.4, -0.2) is 19.2 Å². The first kappa shape index (κ1) is 17.3. The molecule has 7 aromatic rings. The average molecular weight is 410 g/mol. The Balaban J connectivity index is 1.51. The van der Waals surface area contributed by atoms with Crippen LogP contribution in [-0.2, 0) is 0 Å². The van der Waals surface area contributed by atoms with E-state index in [9.17, 15) is 0 Å². The molecule has 4 nitrogen and oxygen atoms in total. The molecule has 0 bridgehead atoms. The molecule has 4 heteroatoms. The number of hydrogen-bond donors (Lipinski definition) is 0. The second-order valence-corrected chi connectivity index (χ2v) is 8.02. The maximum absolute atomic E-state index is 4.87. The summed E-state index contributed by atoms with van der Waals surface area (Å²) in [4.78, 5) is 4.84. The van der Waals surface area contributed by atoms with E-state index in [2.05, 4.69) is 89.5 Å². The van der Waals surface area contributed by atoms with Crippen LogP contribution >= 0.6 is 0 Å². The van der Waals surface area contributed by atoms with E-state index >= 15 is 0 Å². The van der Waals surface area contributed by atoms with Gasteiger partial charge in [-0.2, -0.15) is 0 Å². The van der Waals surface area contributed by atoms with E-state index in [1.807, 2.05) is 28.8 Å². The van der Waals surface area contributed by atoms with Crippen LogP contribution < -0.4 is 0 Å². The molecule has 0 fully saturated rings. The van der Waals surface area contributed by atoms with Crippen molar-refractivity contribution in [3.8, 4) is 17.1 Å². The molecule has 0 aliphatic heterocycles. The minimum absolute atomic E-state index is 0.730. The minimum atomic E-state index is 0.730. The van der Waals surface area contributed by atoms with Gasteiger partial charge in [-0.3, -0.25) is 0 Å². The SMILES string of the molecule is c1ccc(-n2c3ccccc3c3ccc(-c4nc5ccc6ccccc6n5n4)cc32)cc1. The minimum Gasteiger partial charge on any atom is -0.309 e. The first-order valence-corrected chi connectivity index (χ1v) is 10.7. The normalized spacial score (nSPS) is 11.8. The molecule has 0 atom stereocenters. The van der Waals surface area contributed by atoms with Crippen molar-refractivity contribution >= 4 is 38.4 Å². The van der Waals surface area contributed by atoms with Crippen molar-refractivity contribution < 1.29 is 0 Å². The highest BCUT2D eigenvalue weighted by molar-refractivity contribution is 6.10. The Hall–Kier alpha value is -4.44. The molecular weight excluding hydrogens is 392 g/mol. The van der Waals surface area contributed by atoms with Gasteiger partial charge in [-0.1, -0.05) is 66.7 Å². The average Bonchev–Trinajstić information content (AvgIpc) is 3.44. The Morgan fingerprint density at radius 2 is 1.31 bits per heavy atom. The van der Waals surface area contributed by atoms with Gasteiger partial charge in [0.15, 0.2) is 11.5 Å². The zero-order chi connectivity index (χ0) is 21.1. The van der Waals surface area contributed by atoms with E-state index in [1.165, 1.54) is 16.3 Å². The fourth-order valence-electron chi connectivity index (χ4n) is 4.68. The molecule has 3 heterocycles. The summed E-state index contributed by atoms with van der Waals surface area (Å²) in [5.74, 6) is 0.730. The number of nitrogens with zero attached hydrogens (tertiary/aromatic N) is 4. The highest BCUT2D eigenvalue weighted by atomic mass is 15.3. The summed E-state index contributed by atoms with van der Waals surface area (Å²) < 4.78 is 4.25. The van der Waals surface area contributed by atoms with Crippen LogP contribution in [0.1, 0.15) is 0 Å². The van der Waals surface area contributed by atoms with Crippen LogP contribution in [0.2, 0.25) is 0 Å². The van der Waals surface area contributed by atoms with Crippen LogP contribution in [0, 0.1) is 0 Å². The standard InChI is InChI=1S/C28H18N4/c1-2-9-21(10-3-1)31-25-13-7-5-11-22(25)23-16-14-20(18-26(23)31)28-29-27-17-15-19-8-4-6-12-24(19)32(27)30-28/h1-18H. The van der Waals surface area contributed by atoms with Crippen molar-refractivity contribution in [2.24, 2.45) is 0 Å². The highest BCUT2D eigenvalue weighted by Gasteiger charge is 2.15. The Morgan fingerprint density at radius 1 is 0.562 bits per heavy atom. The fraction of sp³-hybridized carbons (Fsp3) is 0. The third-order valence-corrected chi connectivity index (χ3v) is 6.16. The highest BCUT2D eigenvalue weighted by Crippen LogP contribution is 2.34. The smallest absolute Gasteiger partial charge is 0.182 e. The third kappa shape index (κ3) is 2.44. The number of fused-ring (bicyclic) bond motifs is 6. The lowest BCUT2D eigenvalue weighted by Crippen LogP contribution is -1.93. The molecule has 150 valence electrons. The van der Waals surface area contributed by atoms with E-state index < -0.39 is 0 Å². The predicted octanol–water partition coefficient (Wildman–Crippen LogP) is 6.65. The predicted molar refractivity (Wildman–Crippen MR) is 130 cm³/mol. The molecule has 7 rings (SSSR count). The Bertz CT molecular complexity index is 1770. The van der Waals surface area contributed by atoms with Gasteiger partial charge in [-0.25, -0.2) is 9.50 Å². The number of rotatable bonds is 2. The number of benzene rings is 4. The van der Waals surface area contributed by atoms with Gasteiger partial charge in [-0.05, 0) is 42.5 Å². The van der Waals surface area contributed by atoms with Crippen molar-refractivity contribution in [1.29, 1.82) is 0 Å². The van der Waals surface area contributed by atoms with Crippen LogP contribution in [0.4, 0.5) is 0 Å². The van der Waals surface area contributed by atoms with Crippen molar-refractivity contribution in [1.82, 2.24) is 19.2 Å². The molecule has 0 N–H and O–H groups in total.